The molecule has 0 saturated carbocycles. The number of methoxy groups -OCH3 is 1. The van der Waals surface area contributed by atoms with E-state index in [1.54, 1.807) is 6.20 Å². The summed E-state index contributed by atoms with van der Waals surface area (Å²) in [7, 11) is 1.46. The van der Waals surface area contributed by atoms with Gasteiger partial charge in [0.25, 0.3) is 0 Å². The fraction of sp³-hybridized carbons (Fsp3) is 0.421. The summed E-state index contributed by atoms with van der Waals surface area (Å²) in [5.74, 6) is -1.32. The molecular weight excluding hydrogens is 326 g/mol. The summed E-state index contributed by atoms with van der Waals surface area (Å²) in [6.45, 7) is 2.25. The number of benzene rings is 1. The first kappa shape index (κ1) is 17.8. The first-order valence-corrected chi connectivity index (χ1v) is 8.42. The van der Waals surface area contributed by atoms with Crippen LogP contribution < -0.4 is 4.74 Å². The van der Waals surface area contributed by atoms with Crippen LogP contribution in [0.1, 0.15) is 24.1 Å². The number of hydrogen-bond donors (Lipinski definition) is 0. The summed E-state index contributed by atoms with van der Waals surface area (Å²) in [6, 6.07) is 8.28. The molecule has 1 aliphatic rings. The van der Waals surface area contributed by atoms with Crippen LogP contribution in [-0.2, 0) is 17.9 Å². The second kappa shape index (κ2) is 8.36. The molecule has 1 fully saturated rings. The Labute approximate surface area is 146 Å². The van der Waals surface area contributed by atoms with Crippen molar-refractivity contribution in [1.82, 2.24) is 9.88 Å². The molecule has 1 saturated heterocycles. The third-order valence-corrected chi connectivity index (χ3v) is 4.41. The Morgan fingerprint density at radius 3 is 2.88 bits per heavy atom. The molecule has 4 nitrogen and oxygen atoms in total. The van der Waals surface area contributed by atoms with Gasteiger partial charge in [0.05, 0.1) is 25.5 Å². The van der Waals surface area contributed by atoms with Crippen molar-refractivity contribution in [3.8, 4) is 5.75 Å². The maximum Gasteiger partial charge on any atom is 0.167 e. The quantitative estimate of drug-likeness (QED) is 0.800. The molecule has 134 valence electrons. The van der Waals surface area contributed by atoms with Crippen LogP contribution >= 0.6 is 0 Å². The summed E-state index contributed by atoms with van der Waals surface area (Å²) in [5.41, 5.74) is 1.14. The van der Waals surface area contributed by atoms with Crippen LogP contribution in [0.25, 0.3) is 0 Å². The van der Waals surface area contributed by atoms with Gasteiger partial charge in [-0.25, -0.2) is 8.78 Å². The molecule has 0 N–H and O–H groups in total. The van der Waals surface area contributed by atoms with Crippen LogP contribution in [0.3, 0.4) is 0 Å². The Morgan fingerprint density at radius 2 is 2.12 bits per heavy atom. The lowest BCUT2D eigenvalue weighted by molar-refractivity contribution is -0.0136. The molecule has 3 rings (SSSR count). The SMILES string of the molecule is COc1ccc(F)c(F)c1CN1CCCC(OCc2ccccn2)C1. The first-order valence-electron chi connectivity index (χ1n) is 8.42. The van der Waals surface area contributed by atoms with Crippen LogP contribution in [0.15, 0.2) is 36.5 Å². The van der Waals surface area contributed by atoms with Gasteiger partial charge < -0.3 is 9.47 Å². The van der Waals surface area contributed by atoms with E-state index in [4.69, 9.17) is 9.47 Å². The maximum absolute atomic E-state index is 14.1. The summed E-state index contributed by atoms with van der Waals surface area (Å²) in [5, 5.41) is 0. The molecule has 0 radical (unpaired) electrons. The second-order valence-electron chi connectivity index (χ2n) is 6.17. The van der Waals surface area contributed by atoms with Gasteiger partial charge in [-0.3, -0.25) is 9.88 Å². The van der Waals surface area contributed by atoms with Crippen molar-refractivity contribution in [2.24, 2.45) is 0 Å². The Bertz CT molecular complexity index is 697. The van der Waals surface area contributed by atoms with E-state index in [9.17, 15) is 8.78 Å². The third-order valence-electron chi connectivity index (χ3n) is 4.41. The minimum Gasteiger partial charge on any atom is -0.496 e. The van der Waals surface area contributed by atoms with Crippen molar-refractivity contribution < 1.29 is 18.3 Å². The molecule has 1 aliphatic heterocycles. The predicted molar refractivity (Wildman–Crippen MR) is 90.2 cm³/mol. The highest BCUT2D eigenvalue weighted by atomic mass is 19.2. The van der Waals surface area contributed by atoms with Gasteiger partial charge in [-0.15, -0.1) is 0 Å². The highest BCUT2D eigenvalue weighted by Gasteiger charge is 2.24. The first-order chi connectivity index (χ1) is 12.2. The number of rotatable bonds is 6. The average molecular weight is 348 g/mol. The molecule has 0 aliphatic carbocycles. The summed E-state index contributed by atoms with van der Waals surface area (Å²) >= 11 is 0. The zero-order valence-electron chi connectivity index (χ0n) is 14.3. The molecule has 6 heteroatoms. The number of piperidine rings is 1. The van der Waals surface area contributed by atoms with Gasteiger partial charge in [0.1, 0.15) is 5.75 Å². The standard InChI is InChI=1S/C19H22F2N2O2/c1-24-18-8-7-17(20)19(21)16(18)12-23-10-4-6-15(11-23)25-13-14-5-2-3-9-22-14/h2-3,5,7-9,15H,4,6,10-13H2,1H3. The summed E-state index contributed by atoms with van der Waals surface area (Å²) in [4.78, 5) is 6.32. The smallest absolute Gasteiger partial charge is 0.167 e. The summed E-state index contributed by atoms with van der Waals surface area (Å²) < 4.78 is 38.8. The van der Waals surface area contributed by atoms with Crippen molar-refractivity contribution in [3.05, 3.63) is 59.4 Å². The van der Waals surface area contributed by atoms with Gasteiger partial charge in [-0.2, -0.15) is 0 Å². The van der Waals surface area contributed by atoms with Crippen molar-refractivity contribution >= 4 is 0 Å². The third kappa shape index (κ3) is 4.52. The molecule has 0 spiro atoms. The molecule has 0 bridgehead atoms. The number of aromatic nitrogens is 1. The molecule has 0 amide bonds. The van der Waals surface area contributed by atoms with Crippen LogP contribution in [-0.4, -0.2) is 36.2 Å². The number of nitrogens with zero attached hydrogens (tertiary/aromatic N) is 2. The lowest BCUT2D eigenvalue weighted by Gasteiger charge is -2.33. The van der Waals surface area contributed by atoms with Crippen molar-refractivity contribution in [1.29, 1.82) is 0 Å². The van der Waals surface area contributed by atoms with Gasteiger partial charge >= 0.3 is 0 Å². The van der Waals surface area contributed by atoms with E-state index in [1.807, 2.05) is 18.2 Å². The fourth-order valence-corrected chi connectivity index (χ4v) is 3.12. The molecule has 1 atom stereocenters. The Balaban J connectivity index is 1.61. The van der Waals surface area contributed by atoms with Crippen LogP contribution in [0.4, 0.5) is 8.78 Å². The highest BCUT2D eigenvalue weighted by molar-refractivity contribution is 5.35. The van der Waals surface area contributed by atoms with E-state index in [1.165, 1.54) is 13.2 Å². The van der Waals surface area contributed by atoms with E-state index in [0.29, 0.717) is 25.4 Å². The molecule has 1 unspecified atom stereocenters. The van der Waals surface area contributed by atoms with E-state index in [2.05, 4.69) is 9.88 Å². The molecule has 25 heavy (non-hydrogen) atoms. The lowest BCUT2D eigenvalue weighted by atomic mass is 10.1. The van der Waals surface area contributed by atoms with Crippen LogP contribution in [0, 0.1) is 11.6 Å². The normalized spacial score (nSPS) is 18.3. The van der Waals surface area contributed by atoms with Crippen molar-refractivity contribution in [2.45, 2.75) is 32.1 Å². The molecule has 2 heterocycles. The largest absolute Gasteiger partial charge is 0.496 e. The van der Waals surface area contributed by atoms with E-state index in [-0.39, 0.29) is 11.7 Å². The van der Waals surface area contributed by atoms with Gasteiger partial charge in [-0.1, -0.05) is 6.07 Å². The minimum absolute atomic E-state index is 0.0540. The van der Waals surface area contributed by atoms with Gasteiger partial charge in [0.15, 0.2) is 11.6 Å². The van der Waals surface area contributed by atoms with Crippen molar-refractivity contribution in [2.75, 3.05) is 20.2 Å². The number of ether oxygens (including phenoxy) is 2. The van der Waals surface area contributed by atoms with Crippen molar-refractivity contribution in [3.63, 3.8) is 0 Å². The molecule has 1 aromatic heterocycles. The molecule has 1 aromatic carbocycles. The predicted octanol–water partition coefficient (Wildman–Crippen LogP) is 3.55. The van der Waals surface area contributed by atoms with Gasteiger partial charge in [-0.05, 0) is 43.7 Å². The Kier molecular flexibility index (Phi) is 5.94. The maximum atomic E-state index is 14.1. The van der Waals surface area contributed by atoms with Gasteiger partial charge in [0, 0.05) is 24.8 Å². The fourth-order valence-electron chi connectivity index (χ4n) is 3.12. The Morgan fingerprint density at radius 1 is 1.24 bits per heavy atom. The minimum atomic E-state index is -0.851. The zero-order valence-corrected chi connectivity index (χ0v) is 14.3. The number of pyridine rings is 1. The monoisotopic (exact) mass is 348 g/mol. The molecular formula is C19H22F2N2O2. The summed E-state index contributed by atoms with van der Waals surface area (Å²) in [6.07, 6.45) is 3.70. The topological polar surface area (TPSA) is 34.6 Å². The van der Waals surface area contributed by atoms with Gasteiger partial charge in [0.2, 0.25) is 0 Å². The van der Waals surface area contributed by atoms with E-state index >= 15 is 0 Å². The van der Waals surface area contributed by atoms with E-state index in [0.717, 1.165) is 31.1 Å². The number of likely N-dealkylation sites (tertiary alicyclic amines) is 1. The van der Waals surface area contributed by atoms with E-state index < -0.39 is 11.6 Å². The average Bonchev–Trinajstić information content (AvgIpc) is 2.65. The Hall–Kier alpha value is -2.05. The number of hydrogen-bond acceptors (Lipinski definition) is 4. The number of halogens is 2. The zero-order chi connectivity index (χ0) is 17.6. The van der Waals surface area contributed by atoms with Crippen LogP contribution in [0.2, 0.25) is 0 Å². The highest BCUT2D eigenvalue weighted by Crippen LogP contribution is 2.26. The second-order valence-corrected chi connectivity index (χ2v) is 6.17. The molecule has 2 aromatic rings. The lowest BCUT2D eigenvalue weighted by Crippen LogP contribution is -2.39. The van der Waals surface area contributed by atoms with Crippen LogP contribution in [0.5, 0.6) is 5.75 Å².